The first-order valence-corrected chi connectivity index (χ1v) is 8.22. The molecule has 0 heterocycles. The van der Waals surface area contributed by atoms with Gasteiger partial charge in [0, 0.05) is 17.6 Å². The molecule has 0 saturated heterocycles. The van der Waals surface area contributed by atoms with Gasteiger partial charge in [0.15, 0.2) is 0 Å². The highest BCUT2D eigenvalue weighted by Gasteiger charge is 2.26. The van der Waals surface area contributed by atoms with E-state index in [1.807, 2.05) is 6.92 Å². The second-order valence-corrected chi connectivity index (χ2v) is 6.88. The number of aliphatic hydroxyl groups is 1. The molecular formula is C12H17BrFNO3S. The Morgan fingerprint density at radius 3 is 2.58 bits per heavy atom. The quantitative estimate of drug-likeness (QED) is 0.818. The van der Waals surface area contributed by atoms with Gasteiger partial charge in [0.2, 0.25) is 10.0 Å². The highest BCUT2D eigenvalue weighted by Crippen LogP contribution is 2.22. The molecule has 108 valence electrons. The van der Waals surface area contributed by atoms with Crippen molar-refractivity contribution in [1.29, 1.82) is 0 Å². The first kappa shape index (κ1) is 16.6. The number of hydrogen-bond donors (Lipinski definition) is 1. The standard InChI is InChI=1S/C12H17BrFNO3S/c1-2-3-6-15(7-8-16)19(17,18)12-5-4-10(13)9-11(12)14/h4-5,9,16H,2-3,6-8H2,1H3. The third-order valence-corrected chi connectivity index (χ3v) is 5.05. The number of sulfonamides is 1. The predicted molar refractivity (Wildman–Crippen MR) is 74.9 cm³/mol. The van der Waals surface area contributed by atoms with Crippen molar-refractivity contribution in [2.45, 2.75) is 24.7 Å². The van der Waals surface area contributed by atoms with Crippen LogP contribution in [0.1, 0.15) is 19.8 Å². The molecule has 0 radical (unpaired) electrons. The van der Waals surface area contributed by atoms with E-state index < -0.39 is 15.8 Å². The Morgan fingerprint density at radius 1 is 1.37 bits per heavy atom. The third-order valence-electron chi connectivity index (χ3n) is 2.62. The topological polar surface area (TPSA) is 57.6 Å². The lowest BCUT2D eigenvalue weighted by Crippen LogP contribution is -2.35. The molecule has 0 aliphatic heterocycles. The fourth-order valence-corrected chi connectivity index (χ4v) is 3.47. The Kier molecular flexibility index (Phi) is 6.38. The van der Waals surface area contributed by atoms with Crippen molar-refractivity contribution < 1.29 is 17.9 Å². The van der Waals surface area contributed by atoms with Crippen LogP contribution in [0.25, 0.3) is 0 Å². The van der Waals surface area contributed by atoms with Crippen LogP contribution in [0.5, 0.6) is 0 Å². The highest BCUT2D eigenvalue weighted by atomic mass is 79.9. The van der Waals surface area contributed by atoms with E-state index in [-0.39, 0.29) is 24.6 Å². The molecule has 0 aliphatic rings. The lowest BCUT2D eigenvalue weighted by Gasteiger charge is -2.21. The monoisotopic (exact) mass is 353 g/mol. The average molecular weight is 354 g/mol. The van der Waals surface area contributed by atoms with Gasteiger partial charge in [0.05, 0.1) is 6.61 Å². The number of aliphatic hydroxyl groups excluding tert-OH is 1. The minimum absolute atomic E-state index is 0.0299. The maximum absolute atomic E-state index is 13.8. The van der Waals surface area contributed by atoms with Gasteiger partial charge in [-0.1, -0.05) is 29.3 Å². The SMILES string of the molecule is CCCCN(CCO)S(=O)(=O)c1ccc(Br)cc1F. The molecule has 19 heavy (non-hydrogen) atoms. The van der Waals surface area contributed by atoms with Crippen LogP contribution >= 0.6 is 15.9 Å². The Bertz CT molecular complexity index is 522. The van der Waals surface area contributed by atoms with Gasteiger partial charge in [-0.15, -0.1) is 0 Å². The number of halogens is 2. The van der Waals surface area contributed by atoms with Crippen LogP contribution in [0.15, 0.2) is 27.6 Å². The van der Waals surface area contributed by atoms with E-state index in [9.17, 15) is 12.8 Å². The molecule has 7 heteroatoms. The van der Waals surface area contributed by atoms with Crippen LogP contribution in [0.3, 0.4) is 0 Å². The maximum atomic E-state index is 13.8. The molecule has 1 N–H and O–H groups in total. The van der Waals surface area contributed by atoms with E-state index in [2.05, 4.69) is 15.9 Å². The number of benzene rings is 1. The molecule has 0 aromatic heterocycles. The molecule has 0 atom stereocenters. The summed E-state index contributed by atoms with van der Waals surface area (Å²) in [5.74, 6) is -0.797. The molecule has 0 spiro atoms. The van der Waals surface area contributed by atoms with Crippen molar-refractivity contribution in [2.24, 2.45) is 0 Å². The molecule has 0 aliphatic carbocycles. The zero-order chi connectivity index (χ0) is 14.5. The average Bonchev–Trinajstić information content (AvgIpc) is 2.33. The smallest absolute Gasteiger partial charge is 0.246 e. The predicted octanol–water partition coefficient (Wildman–Crippen LogP) is 2.37. The van der Waals surface area contributed by atoms with E-state index in [1.165, 1.54) is 12.1 Å². The molecular weight excluding hydrogens is 337 g/mol. The van der Waals surface area contributed by atoms with Gasteiger partial charge >= 0.3 is 0 Å². The van der Waals surface area contributed by atoms with Crippen molar-refractivity contribution in [3.05, 3.63) is 28.5 Å². The second kappa shape index (κ2) is 7.33. The van der Waals surface area contributed by atoms with Crippen molar-refractivity contribution in [1.82, 2.24) is 4.31 Å². The summed E-state index contributed by atoms with van der Waals surface area (Å²) in [4.78, 5) is -0.361. The molecule has 0 fully saturated rings. The molecule has 0 amide bonds. The summed E-state index contributed by atoms with van der Waals surface area (Å²) in [6.07, 6.45) is 1.48. The number of rotatable bonds is 7. The van der Waals surface area contributed by atoms with Gasteiger partial charge in [-0.3, -0.25) is 0 Å². The molecule has 0 unspecified atom stereocenters. The normalized spacial score (nSPS) is 12.1. The van der Waals surface area contributed by atoms with Gasteiger partial charge < -0.3 is 5.11 Å². The van der Waals surface area contributed by atoms with Crippen molar-refractivity contribution >= 4 is 26.0 Å². The summed E-state index contributed by atoms with van der Waals surface area (Å²) in [7, 11) is -3.91. The Balaban J connectivity index is 3.11. The van der Waals surface area contributed by atoms with Gasteiger partial charge in [0.25, 0.3) is 0 Å². The van der Waals surface area contributed by atoms with Gasteiger partial charge in [-0.2, -0.15) is 4.31 Å². The van der Waals surface area contributed by atoms with Crippen LogP contribution in [-0.4, -0.2) is 37.5 Å². The fourth-order valence-electron chi connectivity index (χ4n) is 1.62. The number of hydrogen-bond acceptors (Lipinski definition) is 3. The Morgan fingerprint density at radius 2 is 2.05 bits per heavy atom. The molecule has 4 nitrogen and oxygen atoms in total. The summed E-state index contributed by atoms with van der Waals surface area (Å²) in [6, 6.07) is 3.82. The van der Waals surface area contributed by atoms with E-state index in [0.29, 0.717) is 10.9 Å². The van der Waals surface area contributed by atoms with Crippen molar-refractivity contribution in [2.75, 3.05) is 19.7 Å². The fraction of sp³-hybridized carbons (Fsp3) is 0.500. The lowest BCUT2D eigenvalue weighted by atomic mass is 10.3. The van der Waals surface area contributed by atoms with Gasteiger partial charge in [0.1, 0.15) is 10.7 Å². The molecule has 0 saturated carbocycles. The van der Waals surface area contributed by atoms with Crippen LogP contribution in [0, 0.1) is 5.82 Å². The van der Waals surface area contributed by atoms with Crippen LogP contribution < -0.4 is 0 Å². The minimum atomic E-state index is -3.91. The maximum Gasteiger partial charge on any atom is 0.246 e. The van der Waals surface area contributed by atoms with Crippen molar-refractivity contribution in [3.8, 4) is 0 Å². The largest absolute Gasteiger partial charge is 0.395 e. The van der Waals surface area contributed by atoms with E-state index >= 15 is 0 Å². The molecule has 1 aromatic rings. The van der Waals surface area contributed by atoms with Gasteiger partial charge in [-0.25, -0.2) is 12.8 Å². The molecule has 1 rings (SSSR count). The number of nitrogens with zero attached hydrogens (tertiary/aromatic N) is 1. The van der Waals surface area contributed by atoms with Crippen LogP contribution in [-0.2, 0) is 10.0 Å². The first-order valence-electron chi connectivity index (χ1n) is 5.99. The number of unbranched alkanes of at least 4 members (excludes halogenated alkanes) is 1. The van der Waals surface area contributed by atoms with Crippen LogP contribution in [0.4, 0.5) is 4.39 Å². The summed E-state index contributed by atoms with van der Waals surface area (Å²) in [5, 5.41) is 8.95. The van der Waals surface area contributed by atoms with E-state index in [4.69, 9.17) is 5.11 Å². The summed E-state index contributed by atoms with van der Waals surface area (Å²) >= 11 is 3.08. The van der Waals surface area contributed by atoms with E-state index in [1.54, 1.807) is 0 Å². The Hall–Kier alpha value is -0.500. The summed E-state index contributed by atoms with van der Waals surface area (Å²) in [5.41, 5.74) is 0. The Labute approximate surface area is 121 Å². The highest BCUT2D eigenvalue weighted by molar-refractivity contribution is 9.10. The minimum Gasteiger partial charge on any atom is -0.395 e. The van der Waals surface area contributed by atoms with Crippen molar-refractivity contribution in [3.63, 3.8) is 0 Å². The molecule has 0 bridgehead atoms. The van der Waals surface area contributed by atoms with Crippen LogP contribution in [0.2, 0.25) is 0 Å². The summed E-state index contributed by atoms with van der Waals surface area (Å²) in [6.45, 7) is 1.89. The molecule has 1 aromatic carbocycles. The van der Waals surface area contributed by atoms with E-state index in [0.717, 1.165) is 16.8 Å². The van der Waals surface area contributed by atoms with Gasteiger partial charge in [-0.05, 0) is 24.6 Å². The zero-order valence-corrected chi connectivity index (χ0v) is 13.0. The lowest BCUT2D eigenvalue weighted by molar-refractivity contribution is 0.252. The third kappa shape index (κ3) is 4.24. The first-order chi connectivity index (χ1) is 8.93. The zero-order valence-electron chi connectivity index (χ0n) is 10.6. The summed E-state index contributed by atoms with van der Waals surface area (Å²) < 4.78 is 40.0. The second-order valence-electron chi connectivity index (χ2n) is 4.06.